The van der Waals surface area contributed by atoms with Gasteiger partial charge < -0.3 is 10.2 Å². The van der Waals surface area contributed by atoms with Crippen LogP contribution in [0.25, 0.3) is 5.70 Å². The topological polar surface area (TPSA) is 57.6 Å². The molecule has 1 fully saturated rings. The molecule has 150 valence electrons. The fourth-order valence-electron chi connectivity index (χ4n) is 3.07. The number of aryl methyl sites for hydroxylation is 2. The summed E-state index contributed by atoms with van der Waals surface area (Å²) in [7, 11) is 2.20. The number of carbonyl (C=O) groups is 1. The number of carbonyl (C=O) groups excluding carboxylic acids is 1. The zero-order valence-corrected chi connectivity index (χ0v) is 18.4. The molecule has 1 aliphatic heterocycles. The van der Waals surface area contributed by atoms with E-state index < -0.39 is 0 Å². The summed E-state index contributed by atoms with van der Waals surface area (Å²) in [4.78, 5) is 21.8. The molecule has 2 aromatic rings. The predicted octanol–water partition coefficient (Wildman–Crippen LogP) is 4.30. The molecule has 0 unspecified atom stereocenters. The molecule has 1 aromatic heterocycles. The van der Waals surface area contributed by atoms with E-state index in [1.165, 1.54) is 36.8 Å². The van der Waals surface area contributed by atoms with E-state index >= 15 is 0 Å². The Balaban J connectivity index is 0.000000207. The van der Waals surface area contributed by atoms with Gasteiger partial charge in [-0.15, -0.1) is 23.1 Å². The largest absolute Gasteiger partial charge is 0.349 e. The van der Waals surface area contributed by atoms with Crippen LogP contribution in [-0.2, 0) is 4.79 Å². The van der Waals surface area contributed by atoms with Gasteiger partial charge in [0.1, 0.15) is 0 Å². The van der Waals surface area contributed by atoms with E-state index in [2.05, 4.69) is 64.3 Å². The van der Waals surface area contributed by atoms with E-state index in [0.29, 0.717) is 12.3 Å². The number of benzene rings is 1. The standard InChI is InChI=1S/C11H15N.C10H13N3OS2/c1-12-8-7-11(9-12)10-5-3-2-4-6-10;1-7-10(16-8(2)13-7)9(11-3)4-15-6-12-5-14/h2-6,11H,7-9H2,1H3;4-5H,3,6H2,1-2H3,(H,12,14)/b;9-4-/t11-;/m1./s1. The van der Waals surface area contributed by atoms with Crippen LogP contribution >= 0.6 is 23.1 Å². The van der Waals surface area contributed by atoms with E-state index in [1.54, 1.807) is 11.3 Å². The molecule has 1 aliphatic rings. The Bertz CT molecular complexity index is 789. The highest BCUT2D eigenvalue weighted by Gasteiger charge is 2.20. The van der Waals surface area contributed by atoms with Crippen LogP contribution in [0.2, 0.25) is 0 Å². The fourth-order valence-corrected chi connectivity index (χ4v) is 4.64. The van der Waals surface area contributed by atoms with Gasteiger partial charge >= 0.3 is 0 Å². The molecule has 0 aliphatic carbocycles. The van der Waals surface area contributed by atoms with Gasteiger partial charge in [0, 0.05) is 6.54 Å². The van der Waals surface area contributed by atoms with Crippen molar-refractivity contribution in [2.24, 2.45) is 4.99 Å². The van der Waals surface area contributed by atoms with Crippen LogP contribution in [-0.4, -0.2) is 49.0 Å². The summed E-state index contributed by atoms with van der Waals surface area (Å²) in [5, 5.41) is 5.45. The van der Waals surface area contributed by atoms with Gasteiger partial charge in [-0.1, -0.05) is 30.3 Å². The van der Waals surface area contributed by atoms with E-state index in [0.717, 1.165) is 27.2 Å². The maximum atomic E-state index is 10.1. The van der Waals surface area contributed by atoms with E-state index in [4.69, 9.17) is 0 Å². The Hall–Kier alpha value is -1.96. The van der Waals surface area contributed by atoms with Crippen LogP contribution in [0.3, 0.4) is 0 Å². The quantitative estimate of drug-likeness (QED) is 0.316. The third-order valence-corrected chi connectivity index (χ3v) is 6.23. The number of hydrogen-bond acceptors (Lipinski definition) is 6. The Kier molecular flexibility index (Phi) is 9.40. The van der Waals surface area contributed by atoms with Crippen LogP contribution < -0.4 is 5.32 Å². The number of hydrogen-bond donors (Lipinski definition) is 1. The highest BCUT2D eigenvalue weighted by atomic mass is 32.2. The molecule has 1 atom stereocenters. The zero-order chi connectivity index (χ0) is 20.4. The van der Waals surface area contributed by atoms with Gasteiger partial charge in [0.25, 0.3) is 0 Å². The molecule has 2 heterocycles. The number of rotatable bonds is 7. The first-order valence-corrected chi connectivity index (χ1v) is 11.0. The Morgan fingerprint density at radius 2 is 2.18 bits per heavy atom. The lowest BCUT2D eigenvalue weighted by Crippen LogP contribution is -2.13. The lowest BCUT2D eigenvalue weighted by Gasteiger charge is -2.09. The van der Waals surface area contributed by atoms with Gasteiger partial charge in [0.15, 0.2) is 0 Å². The summed E-state index contributed by atoms with van der Waals surface area (Å²) < 4.78 is 0. The smallest absolute Gasteiger partial charge is 0.207 e. The lowest BCUT2D eigenvalue weighted by molar-refractivity contribution is -0.109. The van der Waals surface area contributed by atoms with Crippen molar-refractivity contribution in [3.8, 4) is 0 Å². The molecule has 7 heteroatoms. The molecule has 28 heavy (non-hydrogen) atoms. The van der Waals surface area contributed by atoms with Gasteiger partial charge in [-0.25, -0.2) is 4.98 Å². The average Bonchev–Trinajstić information content (AvgIpc) is 3.28. The molecular weight excluding hydrogens is 388 g/mol. The molecule has 3 rings (SSSR count). The molecule has 1 amide bonds. The van der Waals surface area contributed by atoms with Gasteiger partial charge in [-0.05, 0) is 57.5 Å². The minimum Gasteiger partial charge on any atom is -0.349 e. The van der Waals surface area contributed by atoms with Crippen molar-refractivity contribution >= 4 is 41.9 Å². The maximum absolute atomic E-state index is 10.1. The average molecular weight is 417 g/mol. The van der Waals surface area contributed by atoms with Crippen molar-refractivity contribution in [2.75, 3.05) is 26.0 Å². The van der Waals surface area contributed by atoms with Gasteiger partial charge in [-0.3, -0.25) is 9.79 Å². The number of aliphatic imine (C=N–C) groups is 1. The first-order valence-electron chi connectivity index (χ1n) is 9.18. The number of thioether (sulfide) groups is 1. The molecule has 1 saturated heterocycles. The van der Waals surface area contributed by atoms with Gasteiger partial charge in [-0.2, -0.15) is 0 Å². The highest BCUT2D eigenvalue weighted by molar-refractivity contribution is 8.02. The normalized spacial score (nSPS) is 17.0. The van der Waals surface area contributed by atoms with Crippen molar-refractivity contribution < 1.29 is 4.79 Å². The van der Waals surface area contributed by atoms with Gasteiger partial charge in [0.2, 0.25) is 6.41 Å². The second-order valence-electron chi connectivity index (χ2n) is 6.60. The van der Waals surface area contributed by atoms with Crippen molar-refractivity contribution in [3.05, 3.63) is 56.9 Å². The van der Waals surface area contributed by atoms with Crippen LogP contribution in [0.4, 0.5) is 0 Å². The number of thiazole rings is 1. The van der Waals surface area contributed by atoms with Crippen molar-refractivity contribution in [3.63, 3.8) is 0 Å². The monoisotopic (exact) mass is 416 g/mol. The van der Waals surface area contributed by atoms with Crippen molar-refractivity contribution in [1.29, 1.82) is 0 Å². The Morgan fingerprint density at radius 3 is 2.71 bits per heavy atom. The highest BCUT2D eigenvalue weighted by Crippen LogP contribution is 2.28. The van der Waals surface area contributed by atoms with Crippen LogP contribution in [0.5, 0.6) is 0 Å². The minimum absolute atomic E-state index is 0.527. The SMILES string of the molecule is C=N/C(=C\SCNC=O)c1sc(C)nc1C.CN1CC[C@@H](c2ccccc2)C1. The molecule has 5 nitrogen and oxygen atoms in total. The molecule has 1 N–H and O–H groups in total. The molecule has 0 bridgehead atoms. The molecule has 0 spiro atoms. The number of nitrogens with zero attached hydrogens (tertiary/aromatic N) is 3. The lowest BCUT2D eigenvalue weighted by atomic mass is 9.99. The van der Waals surface area contributed by atoms with E-state index in [1.807, 2.05) is 19.3 Å². The van der Waals surface area contributed by atoms with Crippen molar-refractivity contribution in [2.45, 2.75) is 26.2 Å². The third kappa shape index (κ3) is 6.89. The molecule has 0 radical (unpaired) electrons. The summed E-state index contributed by atoms with van der Waals surface area (Å²) in [6.07, 6.45) is 1.99. The number of likely N-dealkylation sites (tertiary alicyclic amines) is 1. The van der Waals surface area contributed by atoms with E-state index in [9.17, 15) is 4.79 Å². The van der Waals surface area contributed by atoms with Crippen LogP contribution in [0.1, 0.15) is 33.5 Å². The molecular formula is C21H28N4OS2. The first kappa shape index (κ1) is 22.3. The second-order valence-corrected chi connectivity index (χ2v) is 8.66. The second kappa shape index (κ2) is 11.8. The number of aromatic nitrogens is 1. The number of likely N-dealkylation sites (N-methyl/N-ethyl adjacent to an activating group) is 1. The zero-order valence-electron chi connectivity index (χ0n) is 16.7. The van der Waals surface area contributed by atoms with Gasteiger partial charge in [0.05, 0.1) is 27.2 Å². The number of amides is 1. The summed E-state index contributed by atoms with van der Waals surface area (Å²) in [6, 6.07) is 10.8. The summed E-state index contributed by atoms with van der Waals surface area (Å²) in [5.74, 6) is 1.30. The Labute approximate surface area is 176 Å². The third-order valence-electron chi connectivity index (χ3n) is 4.41. The summed E-state index contributed by atoms with van der Waals surface area (Å²) in [6.45, 7) is 9.93. The predicted molar refractivity (Wildman–Crippen MR) is 122 cm³/mol. The maximum Gasteiger partial charge on any atom is 0.207 e. The first-order chi connectivity index (χ1) is 13.5. The molecule has 1 aromatic carbocycles. The van der Waals surface area contributed by atoms with E-state index in [-0.39, 0.29) is 0 Å². The van der Waals surface area contributed by atoms with Crippen LogP contribution in [0, 0.1) is 13.8 Å². The summed E-state index contributed by atoms with van der Waals surface area (Å²) >= 11 is 3.06. The minimum atomic E-state index is 0.527. The fraction of sp³-hybridized carbons (Fsp3) is 0.381. The molecule has 0 saturated carbocycles. The number of nitrogens with one attached hydrogen (secondary N) is 1. The van der Waals surface area contributed by atoms with Crippen LogP contribution in [0.15, 0.2) is 40.7 Å². The van der Waals surface area contributed by atoms with Crippen molar-refractivity contribution in [1.82, 2.24) is 15.2 Å². The Morgan fingerprint density at radius 1 is 1.43 bits per heavy atom. The summed E-state index contributed by atoms with van der Waals surface area (Å²) in [5.41, 5.74) is 3.27.